The number of benzene rings is 1. The number of alkyl halides is 1. The largest absolute Gasteiger partial charge is 0.459 e. The number of carbonyl (C=O) groups excluding carboxylic acids is 1. The molecule has 3 atom stereocenters. The average Bonchev–Trinajstić information content (AvgIpc) is 2.86. The van der Waals surface area contributed by atoms with E-state index in [1.807, 2.05) is 6.07 Å². The third-order valence-corrected chi connectivity index (χ3v) is 2.83. The van der Waals surface area contributed by atoms with E-state index in [1.165, 1.54) is 0 Å². The van der Waals surface area contributed by atoms with Gasteiger partial charge < -0.3 is 14.2 Å². The second-order valence-electron chi connectivity index (χ2n) is 4.16. The first-order valence-corrected chi connectivity index (χ1v) is 5.42. The molecule has 1 aromatic rings. The molecule has 0 radical (unpaired) electrons. The van der Waals surface area contributed by atoms with Gasteiger partial charge in [-0.1, -0.05) is 18.2 Å². The van der Waals surface area contributed by atoms with Crippen molar-refractivity contribution in [3.63, 3.8) is 0 Å². The summed E-state index contributed by atoms with van der Waals surface area (Å²) in [6, 6.07) is 8.64. The molecule has 1 aromatic carbocycles. The maximum Gasteiger partial charge on any atom is 0.338 e. The lowest BCUT2D eigenvalue weighted by Crippen LogP contribution is -2.21. The lowest BCUT2D eigenvalue weighted by Gasteiger charge is -2.12. The molecule has 2 fully saturated rings. The van der Waals surface area contributed by atoms with E-state index in [9.17, 15) is 9.18 Å². The van der Waals surface area contributed by atoms with E-state index in [-0.39, 0.29) is 13.0 Å². The summed E-state index contributed by atoms with van der Waals surface area (Å²) in [5, 5.41) is 0. The van der Waals surface area contributed by atoms with Crippen LogP contribution in [0, 0.1) is 0 Å². The fourth-order valence-corrected chi connectivity index (χ4v) is 1.88. The van der Waals surface area contributed by atoms with Crippen LogP contribution in [0.1, 0.15) is 16.8 Å². The molecular weight excluding hydrogens is 227 g/mol. The molecule has 2 saturated heterocycles. The van der Waals surface area contributed by atoms with Gasteiger partial charge in [-0.05, 0) is 12.1 Å². The van der Waals surface area contributed by atoms with Crippen LogP contribution in [0.5, 0.6) is 0 Å². The highest BCUT2D eigenvalue weighted by atomic mass is 19.2. The van der Waals surface area contributed by atoms with Crippen molar-refractivity contribution in [3.05, 3.63) is 35.9 Å². The van der Waals surface area contributed by atoms with E-state index >= 15 is 0 Å². The fraction of sp³-hybridized carbons (Fsp3) is 0.417. The van der Waals surface area contributed by atoms with Crippen molar-refractivity contribution in [2.24, 2.45) is 0 Å². The summed E-state index contributed by atoms with van der Waals surface area (Å²) in [4.78, 5) is 11.6. The van der Waals surface area contributed by atoms with Gasteiger partial charge in [0.1, 0.15) is 12.7 Å². The molecule has 5 heteroatoms. The van der Waals surface area contributed by atoms with E-state index in [4.69, 9.17) is 9.47 Å². The second kappa shape index (κ2) is 3.78. The molecule has 4 nitrogen and oxygen atoms in total. The SMILES string of the molecule is O=C(OC[C@@H]1C[C@]2(F)OC2O1)c1ccccc1. The summed E-state index contributed by atoms with van der Waals surface area (Å²) in [5.41, 5.74) is 0.474. The van der Waals surface area contributed by atoms with Gasteiger partial charge in [0.05, 0.1) is 5.56 Å². The molecule has 0 bridgehead atoms. The topological polar surface area (TPSA) is 48.1 Å². The van der Waals surface area contributed by atoms with Crippen LogP contribution in [-0.2, 0) is 14.2 Å². The summed E-state index contributed by atoms with van der Waals surface area (Å²) in [6.45, 7) is 0.0548. The Hall–Kier alpha value is -1.46. The predicted molar refractivity (Wildman–Crippen MR) is 54.9 cm³/mol. The lowest BCUT2D eigenvalue weighted by molar-refractivity contribution is -0.0540. The first kappa shape index (κ1) is 10.7. The maximum absolute atomic E-state index is 13.3. The van der Waals surface area contributed by atoms with Gasteiger partial charge in [-0.3, -0.25) is 0 Å². The molecule has 90 valence electrons. The Morgan fingerprint density at radius 2 is 2.24 bits per heavy atom. The zero-order valence-electron chi connectivity index (χ0n) is 8.97. The number of epoxide rings is 1. The van der Waals surface area contributed by atoms with Gasteiger partial charge in [0.25, 0.3) is 5.85 Å². The summed E-state index contributed by atoms with van der Waals surface area (Å²) >= 11 is 0. The molecule has 0 N–H and O–H groups in total. The van der Waals surface area contributed by atoms with Gasteiger partial charge in [-0.2, -0.15) is 0 Å². The van der Waals surface area contributed by atoms with Gasteiger partial charge in [0, 0.05) is 6.42 Å². The Morgan fingerprint density at radius 1 is 1.47 bits per heavy atom. The minimum Gasteiger partial charge on any atom is -0.459 e. The number of hydrogen-bond acceptors (Lipinski definition) is 4. The van der Waals surface area contributed by atoms with Gasteiger partial charge in [0.15, 0.2) is 0 Å². The molecule has 0 saturated carbocycles. The zero-order chi connectivity index (χ0) is 11.9. The maximum atomic E-state index is 13.3. The Kier molecular flexibility index (Phi) is 2.38. The first-order chi connectivity index (χ1) is 8.17. The van der Waals surface area contributed by atoms with Crippen molar-refractivity contribution in [1.82, 2.24) is 0 Å². The normalized spacial score (nSPS) is 34.2. The van der Waals surface area contributed by atoms with E-state index in [0.717, 1.165) is 0 Å². The van der Waals surface area contributed by atoms with Crippen LogP contribution in [0.25, 0.3) is 0 Å². The summed E-state index contributed by atoms with van der Waals surface area (Å²) in [6.07, 6.45) is -1.05. The Labute approximate surface area is 97.3 Å². The molecule has 17 heavy (non-hydrogen) atoms. The second-order valence-corrected chi connectivity index (χ2v) is 4.16. The third kappa shape index (κ3) is 2.03. The number of hydrogen-bond donors (Lipinski definition) is 0. The van der Waals surface area contributed by atoms with Crippen LogP contribution in [0.2, 0.25) is 0 Å². The van der Waals surface area contributed by atoms with E-state index < -0.39 is 24.2 Å². The number of esters is 1. The van der Waals surface area contributed by atoms with Crippen molar-refractivity contribution in [2.75, 3.05) is 6.61 Å². The monoisotopic (exact) mass is 238 g/mol. The van der Waals surface area contributed by atoms with Gasteiger partial charge in [-0.25, -0.2) is 9.18 Å². The molecule has 0 aromatic heterocycles. The van der Waals surface area contributed by atoms with Gasteiger partial charge >= 0.3 is 5.97 Å². The van der Waals surface area contributed by atoms with Crippen molar-refractivity contribution >= 4 is 5.97 Å². The van der Waals surface area contributed by atoms with E-state index in [2.05, 4.69) is 4.74 Å². The smallest absolute Gasteiger partial charge is 0.338 e. The number of halogens is 1. The van der Waals surface area contributed by atoms with Gasteiger partial charge in [-0.15, -0.1) is 0 Å². The standard InChI is InChI=1S/C12H11FO4/c13-12-6-9(16-11(12)17-12)7-15-10(14)8-4-2-1-3-5-8/h1-5,9,11H,6-7H2/t9-,11?,12-/m0/s1. The van der Waals surface area contributed by atoms with Crippen LogP contribution >= 0.6 is 0 Å². The highest BCUT2D eigenvalue weighted by Gasteiger charge is 2.66. The first-order valence-electron chi connectivity index (χ1n) is 5.42. The molecule has 0 spiro atoms. The number of ether oxygens (including phenoxy) is 3. The van der Waals surface area contributed by atoms with Crippen LogP contribution in [0.15, 0.2) is 30.3 Å². The van der Waals surface area contributed by atoms with E-state index in [1.54, 1.807) is 24.3 Å². The highest BCUT2D eigenvalue weighted by Crippen LogP contribution is 2.49. The molecule has 0 amide bonds. The highest BCUT2D eigenvalue weighted by molar-refractivity contribution is 5.89. The van der Waals surface area contributed by atoms with Crippen molar-refractivity contribution in [2.45, 2.75) is 24.7 Å². The molecule has 2 aliphatic rings. The van der Waals surface area contributed by atoms with E-state index in [0.29, 0.717) is 5.56 Å². The predicted octanol–water partition coefficient (Wildman–Crippen LogP) is 1.65. The van der Waals surface area contributed by atoms with Crippen LogP contribution < -0.4 is 0 Å². The molecule has 1 unspecified atom stereocenters. The summed E-state index contributed by atoms with van der Waals surface area (Å²) < 4.78 is 28.1. The molecule has 0 aliphatic carbocycles. The molecule has 3 rings (SSSR count). The van der Waals surface area contributed by atoms with Gasteiger partial charge in [0.2, 0.25) is 6.29 Å². The number of rotatable bonds is 3. The van der Waals surface area contributed by atoms with Crippen molar-refractivity contribution in [3.8, 4) is 0 Å². The van der Waals surface area contributed by atoms with Crippen LogP contribution in [-0.4, -0.2) is 30.8 Å². The number of fused-ring (bicyclic) bond motifs is 1. The lowest BCUT2D eigenvalue weighted by atomic mass is 10.2. The molecule has 2 heterocycles. The minimum atomic E-state index is -1.64. The fourth-order valence-electron chi connectivity index (χ4n) is 1.88. The Balaban J connectivity index is 1.51. The van der Waals surface area contributed by atoms with Crippen molar-refractivity contribution < 1.29 is 23.4 Å². The Bertz CT molecular complexity index is 435. The van der Waals surface area contributed by atoms with Crippen LogP contribution in [0.3, 0.4) is 0 Å². The Morgan fingerprint density at radius 3 is 2.88 bits per heavy atom. The summed E-state index contributed by atoms with van der Waals surface area (Å²) in [5.74, 6) is -2.06. The van der Waals surface area contributed by atoms with Crippen LogP contribution in [0.4, 0.5) is 4.39 Å². The summed E-state index contributed by atoms with van der Waals surface area (Å²) in [7, 11) is 0. The average molecular weight is 238 g/mol. The quantitative estimate of drug-likeness (QED) is 0.593. The number of carbonyl (C=O) groups is 1. The molecular formula is C12H11FO4. The zero-order valence-corrected chi connectivity index (χ0v) is 8.97. The minimum absolute atomic E-state index is 0.0548. The van der Waals surface area contributed by atoms with Crippen molar-refractivity contribution in [1.29, 1.82) is 0 Å². The molecule has 2 aliphatic heterocycles. The third-order valence-electron chi connectivity index (χ3n) is 2.83.